The Hall–Kier alpha value is -1.96. The van der Waals surface area contributed by atoms with Gasteiger partial charge in [0.25, 0.3) is 0 Å². The van der Waals surface area contributed by atoms with Gasteiger partial charge in [0, 0.05) is 32.2 Å². The molecule has 1 unspecified atom stereocenters. The molecule has 2 aromatic carbocycles. The van der Waals surface area contributed by atoms with Gasteiger partial charge in [0.2, 0.25) is 10.0 Å². The molecule has 0 spiro atoms. The van der Waals surface area contributed by atoms with Crippen molar-refractivity contribution in [2.45, 2.75) is 24.8 Å². The Morgan fingerprint density at radius 3 is 2.15 bits per heavy atom. The lowest BCUT2D eigenvalue weighted by atomic mass is 10.1. The third-order valence-corrected chi connectivity index (χ3v) is 6.86. The molecular weight excluding hydrogens is 367 g/mol. The second-order valence-electron chi connectivity index (χ2n) is 6.57. The van der Waals surface area contributed by atoms with Gasteiger partial charge >= 0.3 is 0 Å². The maximum atomic E-state index is 13.1. The molecule has 0 amide bonds. The quantitative estimate of drug-likeness (QED) is 0.757. The van der Waals surface area contributed by atoms with Crippen LogP contribution in [0.15, 0.2) is 53.4 Å². The van der Waals surface area contributed by atoms with E-state index in [9.17, 15) is 12.8 Å². The first-order chi connectivity index (χ1) is 12.9. The third kappa shape index (κ3) is 4.48. The third-order valence-electron chi connectivity index (χ3n) is 4.95. The van der Waals surface area contributed by atoms with E-state index < -0.39 is 10.0 Å². The van der Waals surface area contributed by atoms with E-state index in [0.717, 1.165) is 5.56 Å². The highest BCUT2D eigenvalue weighted by Crippen LogP contribution is 2.25. The Morgan fingerprint density at radius 1 is 1.00 bits per heavy atom. The summed E-state index contributed by atoms with van der Waals surface area (Å²) in [6, 6.07) is 13.1. The lowest BCUT2D eigenvalue weighted by Gasteiger charge is -2.37. The van der Waals surface area contributed by atoms with E-state index in [0.29, 0.717) is 38.5 Å². The number of piperazine rings is 1. The molecule has 27 heavy (non-hydrogen) atoms. The smallest absolute Gasteiger partial charge is 0.243 e. The first-order valence-electron chi connectivity index (χ1n) is 9.14. The van der Waals surface area contributed by atoms with Crippen LogP contribution >= 0.6 is 0 Å². The van der Waals surface area contributed by atoms with Crippen molar-refractivity contribution in [2.75, 3.05) is 32.8 Å². The van der Waals surface area contributed by atoms with Crippen LogP contribution in [0.3, 0.4) is 0 Å². The van der Waals surface area contributed by atoms with Crippen molar-refractivity contribution in [1.82, 2.24) is 9.21 Å². The highest BCUT2D eigenvalue weighted by Gasteiger charge is 2.30. The minimum atomic E-state index is -3.51. The monoisotopic (exact) mass is 392 g/mol. The second kappa shape index (κ2) is 8.37. The molecule has 1 heterocycles. The van der Waals surface area contributed by atoms with Gasteiger partial charge in [-0.05, 0) is 55.8 Å². The fourth-order valence-electron chi connectivity index (χ4n) is 3.31. The molecule has 1 aliphatic heterocycles. The predicted molar refractivity (Wildman–Crippen MR) is 103 cm³/mol. The minimum Gasteiger partial charge on any atom is -0.494 e. The molecule has 0 aliphatic carbocycles. The maximum Gasteiger partial charge on any atom is 0.243 e. The van der Waals surface area contributed by atoms with E-state index in [4.69, 9.17) is 4.74 Å². The number of sulfonamides is 1. The zero-order chi connectivity index (χ0) is 19.4. The Balaban J connectivity index is 1.64. The van der Waals surface area contributed by atoms with Crippen LogP contribution < -0.4 is 4.74 Å². The number of hydrogen-bond acceptors (Lipinski definition) is 4. The van der Waals surface area contributed by atoms with Crippen LogP contribution in [0, 0.1) is 5.82 Å². The molecule has 0 N–H and O–H groups in total. The molecule has 0 bridgehead atoms. The van der Waals surface area contributed by atoms with Crippen LogP contribution in [0.2, 0.25) is 0 Å². The highest BCUT2D eigenvalue weighted by molar-refractivity contribution is 7.89. The van der Waals surface area contributed by atoms with Gasteiger partial charge in [-0.15, -0.1) is 0 Å². The molecular formula is C20H25FN2O3S. The zero-order valence-electron chi connectivity index (χ0n) is 15.6. The molecule has 1 fully saturated rings. The van der Waals surface area contributed by atoms with Gasteiger partial charge in [0.05, 0.1) is 11.5 Å². The summed E-state index contributed by atoms with van der Waals surface area (Å²) >= 11 is 0. The van der Waals surface area contributed by atoms with Gasteiger partial charge < -0.3 is 4.74 Å². The second-order valence-corrected chi connectivity index (χ2v) is 8.51. The lowest BCUT2D eigenvalue weighted by Crippen LogP contribution is -2.49. The van der Waals surface area contributed by atoms with Gasteiger partial charge in [-0.25, -0.2) is 12.8 Å². The van der Waals surface area contributed by atoms with Crippen LogP contribution in [0.4, 0.5) is 4.39 Å². The average molecular weight is 392 g/mol. The Morgan fingerprint density at radius 2 is 1.59 bits per heavy atom. The Labute approximate surface area is 160 Å². The van der Waals surface area contributed by atoms with Crippen LogP contribution in [0.25, 0.3) is 0 Å². The highest BCUT2D eigenvalue weighted by atomic mass is 32.2. The van der Waals surface area contributed by atoms with Crippen LogP contribution in [-0.4, -0.2) is 50.4 Å². The van der Waals surface area contributed by atoms with Crippen molar-refractivity contribution >= 4 is 10.0 Å². The summed E-state index contributed by atoms with van der Waals surface area (Å²) in [5, 5.41) is 0. The minimum absolute atomic E-state index is 0.112. The Kier molecular flexibility index (Phi) is 6.14. The van der Waals surface area contributed by atoms with Gasteiger partial charge in [0.15, 0.2) is 0 Å². The molecule has 0 saturated carbocycles. The number of benzene rings is 2. The number of hydrogen-bond donors (Lipinski definition) is 0. The fourth-order valence-corrected chi connectivity index (χ4v) is 4.73. The maximum absolute atomic E-state index is 13.1. The molecule has 0 aromatic heterocycles. The molecule has 1 aliphatic rings. The summed E-state index contributed by atoms with van der Waals surface area (Å²) in [5.74, 6) is 0.409. The van der Waals surface area contributed by atoms with Crippen molar-refractivity contribution in [2.24, 2.45) is 0 Å². The van der Waals surface area contributed by atoms with Crippen LogP contribution in [0.1, 0.15) is 25.5 Å². The van der Waals surface area contributed by atoms with Crippen LogP contribution in [-0.2, 0) is 10.0 Å². The van der Waals surface area contributed by atoms with E-state index in [-0.39, 0.29) is 16.8 Å². The molecule has 5 nitrogen and oxygen atoms in total. The number of rotatable bonds is 6. The van der Waals surface area contributed by atoms with Gasteiger partial charge in [-0.2, -0.15) is 4.31 Å². The first kappa shape index (κ1) is 19.8. The van der Waals surface area contributed by atoms with E-state index in [1.165, 1.54) is 16.4 Å². The average Bonchev–Trinajstić information content (AvgIpc) is 2.69. The van der Waals surface area contributed by atoms with Gasteiger partial charge in [-0.1, -0.05) is 12.1 Å². The van der Waals surface area contributed by atoms with E-state index in [1.54, 1.807) is 36.4 Å². The topological polar surface area (TPSA) is 49.9 Å². The van der Waals surface area contributed by atoms with Gasteiger partial charge in [-0.3, -0.25) is 4.90 Å². The number of nitrogens with zero attached hydrogens (tertiary/aromatic N) is 2. The number of ether oxygens (including phenoxy) is 1. The summed E-state index contributed by atoms with van der Waals surface area (Å²) in [7, 11) is -3.51. The summed E-state index contributed by atoms with van der Waals surface area (Å²) < 4.78 is 45.7. The van der Waals surface area contributed by atoms with Crippen molar-refractivity contribution in [3.05, 3.63) is 59.9 Å². The molecule has 1 saturated heterocycles. The van der Waals surface area contributed by atoms with E-state index in [2.05, 4.69) is 11.8 Å². The molecule has 3 rings (SSSR count). The summed E-state index contributed by atoms with van der Waals surface area (Å²) in [5.41, 5.74) is 1.03. The molecule has 2 aromatic rings. The molecule has 0 radical (unpaired) electrons. The van der Waals surface area contributed by atoms with E-state index >= 15 is 0 Å². The first-order valence-corrected chi connectivity index (χ1v) is 10.6. The van der Waals surface area contributed by atoms with Crippen molar-refractivity contribution in [3.63, 3.8) is 0 Å². The summed E-state index contributed by atoms with van der Waals surface area (Å²) in [6.45, 7) is 6.62. The number of halogens is 1. The molecule has 7 heteroatoms. The predicted octanol–water partition coefficient (Wildman–Crippen LogP) is 3.29. The van der Waals surface area contributed by atoms with Crippen molar-refractivity contribution < 1.29 is 17.5 Å². The van der Waals surface area contributed by atoms with Crippen molar-refractivity contribution in [1.29, 1.82) is 0 Å². The molecule has 1 atom stereocenters. The standard InChI is InChI=1S/C20H25FN2O3S/c1-3-26-19-8-10-20(11-9-19)27(24,25)23-14-12-22(13-15-23)16(2)17-4-6-18(21)7-5-17/h4-11,16H,3,12-15H2,1-2H3. The lowest BCUT2D eigenvalue weighted by molar-refractivity contribution is 0.146. The van der Waals surface area contributed by atoms with Crippen molar-refractivity contribution in [3.8, 4) is 5.75 Å². The summed E-state index contributed by atoms with van der Waals surface area (Å²) in [4.78, 5) is 2.50. The normalized spacial score (nSPS) is 17.6. The Bertz CT molecular complexity index is 846. The van der Waals surface area contributed by atoms with Crippen LogP contribution in [0.5, 0.6) is 5.75 Å². The largest absolute Gasteiger partial charge is 0.494 e. The van der Waals surface area contributed by atoms with Gasteiger partial charge in [0.1, 0.15) is 11.6 Å². The fraction of sp³-hybridized carbons (Fsp3) is 0.400. The zero-order valence-corrected chi connectivity index (χ0v) is 16.5. The summed E-state index contributed by atoms with van der Waals surface area (Å²) in [6.07, 6.45) is 0. The SMILES string of the molecule is CCOc1ccc(S(=O)(=O)N2CCN(C(C)c3ccc(F)cc3)CC2)cc1. The molecule has 146 valence electrons. The van der Waals surface area contributed by atoms with E-state index in [1.807, 2.05) is 6.92 Å².